The maximum atomic E-state index is 10.7. The van der Waals surface area contributed by atoms with Gasteiger partial charge >= 0.3 is 5.97 Å². The van der Waals surface area contributed by atoms with Gasteiger partial charge < -0.3 is 10.8 Å². The fourth-order valence-electron chi connectivity index (χ4n) is 1.14. The van der Waals surface area contributed by atoms with E-state index in [4.69, 9.17) is 22.4 Å². The van der Waals surface area contributed by atoms with Crippen molar-refractivity contribution in [1.29, 1.82) is 0 Å². The number of rotatable bonds is 1. The highest BCUT2D eigenvalue weighted by molar-refractivity contribution is 6.29. The van der Waals surface area contributed by atoms with Gasteiger partial charge in [0.1, 0.15) is 5.15 Å². The first-order chi connectivity index (χ1) is 6.59. The Morgan fingerprint density at radius 3 is 3.00 bits per heavy atom. The first-order valence-electron chi connectivity index (χ1n) is 3.62. The summed E-state index contributed by atoms with van der Waals surface area (Å²) in [6.07, 6.45) is 2.55. The minimum Gasteiger partial charge on any atom is -0.477 e. The molecule has 0 aromatic carbocycles. The lowest BCUT2D eigenvalue weighted by Crippen LogP contribution is -2.03. The summed E-state index contributed by atoms with van der Waals surface area (Å²) in [5.41, 5.74) is 5.78. The van der Waals surface area contributed by atoms with Gasteiger partial charge in [0.15, 0.2) is 17.2 Å². The molecule has 72 valence electrons. The van der Waals surface area contributed by atoms with Gasteiger partial charge in [-0.1, -0.05) is 11.6 Å². The third kappa shape index (κ3) is 1.16. The number of carboxylic acid groups (broad SMARTS) is 1. The zero-order valence-corrected chi connectivity index (χ0v) is 7.56. The van der Waals surface area contributed by atoms with Crippen LogP contribution >= 0.6 is 11.6 Å². The van der Waals surface area contributed by atoms with Crippen molar-refractivity contribution in [3.05, 3.63) is 23.2 Å². The van der Waals surface area contributed by atoms with Gasteiger partial charge in [-0.25, -0.2) is 14.8 Å². The van der Waals surface area contributed by atoms with Crippen LogP contribution < -0.4 is 5.73 Å². The molecule has 2 aromatic heterocycles. The van der Waals surface area contributed by atoms with Crippen molar-refractivity contribution >= 4 is 29.0 Å². The summed E-state index contributed by atoms with van der Waals surface area (Å²) in [7, 11) is 0. The maximum Gasteiger partial charge on any atom is 0.354 e. The van der Waals surface area contributed by atoms with Gasteiger partial charge in [-0.3, -0.25) is 4.40 Å². The van der Waals surface area contributed by atoms with Gasteiger partial charge in [-0.15, -0.1) is 0 Å². The monoisotopic (exact) mass is 212 g/mol. The molecule has 14 heavy (non-hydrogen) atoms. The van der Waals surface area contributed by atoms with E-state index in [1.54, 1.807) is 0 Å². The highest BCUT2D eigenvalue weighted by atomic mass is 35.5. The van der Waals surface area contributed by atoms with Crippen molar-refractivity contribution in [2.24, 2.45) is 0 Å². The second-order valence-electron chi connectivity index (χ2n) is 2.59. The summed E-state index contributed by atoms with van der Waals surface area (Å²) >= 11 is 5.62. The molecule has 0 atom stereocenters. The number of nitrogens with zero attached hydrogens (tertiary/aromatic N) is 3. The SMILES string of the molecule is Nc1nc(Cl)cn2c(C(=O)O)cnc12. The van der Waals surface area contributed by atoms with Crippen LogP contribution in [0.5, 0.6) is 0 Å². The Labute approximate surface area is 83.0 Å². The van der Waals surface area contributed by atoms with Gasteiger partial charge in [-0.2, -0.15) is 0 Å². The van der Waals surface area contributed by atoms with Crippen molar-refractivity contribution in [2.45, 2.75) is 0 Å². The Morgan fingerprint density at radius 2 is 2.36 bits per heavy atom. The zero-order valence-electron chi connectivity index (χ0n) is 6.81. The Kier molecular flexibility index (Phi) is 1.78. The van der Waals surface area contributed by atoms with Gasteiger partial charge in [0.2, 0.25) is 0 Å². The minimum absolute atomic E-state index is 0.00370. The van der Waals surface area contributed by atoms with E-state index in [2.05, 4.69) is 9.97 Å². The molecule has 0 unspecified atom stereocenters. The Balaban J connectivity index is 2.85. The number of aromatic nitrogens is 3. The molecule has 0 aliphatic rings. The van der Waals surface area contributed by atoms with E-state index in [1.165, 1.54) is 16.8 Å². The number of halogens is 1. The third-order valence-electron chi connectivity index (χ3n) is 1.71. The molecule has 0 saturated heterocycles. The van der Waals surface area contributed by atoms with E-state index >= 15 is 0 Å². The summed E-state index contributed by atoms with van der Waals surface area (Å²) in [6, 6.07) is 0. The van der Waals surface area contributed by atoms with E-state index in [0.717, 1.165) is 0 Å². The number of hydrogen-bond donors (Lipinski definition) is 2. The van der Waals surface area contributed by atoms with E-state index in [1.807, 2.05) is 0 Å². The molecule has 2 heterocycles. The number of fused-ring (bicyclic) bond motifs is 1. The molecule has 3 N–H and O–H groups in total. The second-order valence-corrected chi connectivity index (χ2v) is 2.98. The lowest BCUT2D eigenvalue weighted by atomic mass is 10.5. The maximum absolute atomic E-state index is 10.7. The van der Waals surface area contributed by atoms with E-state index in [9.17, 15) is 4.79 Å². The lowest BCUT2D eigenvalue weighted by Gasteiger charge is -1.99. The normalized spacial score (nSPS) is 10.6. The van der Waals surface area contributed by atoms with Crippen LogP contribution in [0, 0.1) is 0 Å². The van der Waals surface area contributed by atoms with Crippen LogP contribution in [0.2, 0.25) is 5.15 Å². The predicted molar refractivity (Wildman–Crippen MR) is 49.4 cm³/mol. The molecule has 0 amide bonds. The average Bonchev–Trinajstić information content (AvgIpc) is 2.47. The molecule has 0 saturated carbocycles. The van der Waals surface area contributed by atoms with Crippen molar-refractivity contribution in [3.8, 4) is 0 Å². The lowest BCUT2D eigenvalue weighted by molar-refractivity contribution is 0.0689. The van der Waals surface area contributed by atoms with Crippen molar-refractivity contribution in [1.82, 2.24) is 14.4 Å². The van der Waals surface area contributed by atoms with Crippen LogP contribution in [-0.2, 0) is 0 Å². The summed E-state index contributed by atoms with van der Waals surface area (Å²) in [4.78, 5) is 18.3. The average molecular weight is 213 g/mol. The second kappa shape index (κ2) is 2.85. The molecule has 2 aromatic rings. The first-order valence-corrected chi connectivity index (χ1v) is 4.00. The van der Waals surface area contributed by atoms with Gasteiger partial charge in [0.25, 0.3) is 0 Å². The third-order valence-corrected chi connectivity index (χ3v) is 1.89. The number of aromatic carboxylic acids is 1. The smallest absolute Gasteiger partial charge is 0.354 e. The van der Waals surface area contributed by atoms with Crippen LogP contribution in [0.4, 0.5) is 5.82 Å². The zero-order chi connectivity index (χ0) is 10.3. The van der Waals surface area contributed by atoms with Crippen LogP contribution in [0.1, 0.15) is 10.5 Å². The highest BCUT2D eigenvalue weighted by Gasteiger charge is 2.13. The highest BCUT2D eigenvalue weighted by Crippen LogP contribution is 2.15. The molecule has 7 heteroatoms. The molecular weight excluding hydrogens is 208 g/mol. The number of anilines is 1. The molecule has 0 bridgehead atoms. The van der Waals surface area contributed by atoms with Crippen LogP contribution in [0.3, 0.4) is 0 Å². The molecule has 0 radical (unpaired) electrons. The van der Waals surface area contributed by atoms with E-state index < -0.39 is 5.97 Å². The summed E-state index contributed by atoms with van der Waals surface area (Å²) < 4.78 is 1.28. The molecule has 2 rings (SSSR count). The summed E-state index contributed by atoms with van der Waals surface area (Å²) in [5.74, 6) is -0.996. The number of nitrogens with two attached hydrogens (primary N) is 1. The molecule has 0 aliphatic carbocycles. The topological polar surface area (TPSA) is 93.5 Å². The van der Waals surface area contributed by atoms with Gasteiger partial charge in [0, 0.05) is 6.20 Å². The van der Waals surface area contributed by atoms with E-state index in [0.29, 0.717) is 0 Å². The van der Waals surface area contributed by atoms with Crippen molar-refractivity contribution in [3.63, 3.8) is 0 Å². The predicted octanol–water partition coefficient (Wildman–Crippen LogP) is 0.663. The number of carboxylic acids is 1. The fraction of sp³-hybridized carbons (Fsp3) is 0. The first kappa shape index (κ1) is 8.76. The number of carbonyl (C=O) groups is 1. The summed E-state index contributed by atoms with van der Waals surface area (Å²) in [6.45, 7) is 0. The minimum atomic E-state index is -1.10. The van der Waals surface area contributed by atoms with Crippen LogP contribution in [-0.4, -0.2) is 25.4 Å². The van der Waals surface area contributed by atoms with Gasteiger partial charge in [-0.05, 0) is 0 Å². The van der Waals surface area contributed by atoms with Crippen LogP contribution in [0.15, 0.2) is 12.4 Å². The molecular formula is C7H5ClN4O2. The van der Waals surface area contributed by atoms with Crippen molar-refractivity contribution in [2.75, 3.05) is 5.73 Å². The number of imidazole rings is 1. The van der Waals surface area contributed by atoms with E-state index in [-0.39, 0.29) is 22.3 Å². The molecule has 0 aliphatic heterocycles. The number of hydrogen-bond acceptors (Lipinski definition) is 4. The van der Waals surface area contributed by atoms with Crippen LogP contribution in [0.25, 0.3) is 5.65 Å². The fourth-order valence-corrected chi connectivity index (χ4v) is 1.33. The molecule has 6 nitrogen and oxygen atoms in total. The Bertz CT molecular complexity index is 522. The number of nitrogen functional groups attached to an aromatic ring is 1. The summed E-state index contributed by atoms with van der Waals surface area (Å²) in [5, 5.41) is 8.91. The largest absolute Gasteiger partial charge is 0.477 e. The standard InChI is InChI=1S/C7H5ClN4O2/c8-4-2-12-3(7(13)14)1-10-6(12)5(9)11-4/h1-2H,(H2,9,11)(H,13,14). The molecule has 0 spiro atoms. The Hall–Kier alpha value is -1.82. The Morgan fingerprint density at radius 1 is 1.64 bits per heavy atom. The van der Waals surface area contributed by atoms with Gasteiger partial charge in [0.05, 0.1) is 6.20 Å². The quantitative estimate of drug-likeness (QED) is 0.724. The van der Waals surface area contributed by atoms with Crippen molar-refractivity contribution < 1.29 is 9.90 Å². The molecule has 0 fully saturated rings.